The number of hydrogen-bond acceptors (Lipinski definition) is 2. The van der Waals surface area contributed by atoms with Crippen molar-refractivity contribution in [1.82, 2.24) is 0 Å². The van der Waals surface area contributed by atoms with Crippen LogP contribution in [0.1, 0.15) is 16.7 Å². The van der Waals surface area contributed by atoms with Crippen LogP contribution in [0.15, 0.2) is 84.9 Å². The molecular weight excluding hydrogens is 294 g/mol. The Bertz CT molecular complexity index is 829. The van der Waals surface area contributed by atoms with Crippen LogP contribution >= 0.6 is 0 Å². The van der Waals surface area contributed by atoms with E-state index in [0.29, 0.717) is 0 Å². The fraction of sp³-hybridized carbons (Fsp3) is 0.0909. The minimum Gasteiger partial charge on any atom is -0.497 e. The fourth-order valence-electron chi connectivity index (χ4n) is 3.29. The molecule has 1 N–H and O–H groups in total. The van der Waals surface area contributed by atoms with Crippen molar-refractivity contribution >= 4 is 11.8 Å². The molecule has 2 nitrogen and oxygen atoms in total. The largest absolute Gasteiger partial charge is 0.497 e. The lowest BCUT2D eigenvalue weighted by molar-refractivity contribution is 0.414. The van der Waals surface area contributed by atoms with Crippen molar-refractivity contribution in [2.75, 3.05) is 12.4 Å². The molecule has 0 bridgehead atoms. The number of fused-ring (bicyclic) bond motifs is 1. The molecule has 2 heteroatoms. The monoisotopic (exact) mass is 313 g/mol. The van der Waals surface area contributed by atoms with E-state index in [0.717, 1.165) is 17.0 Å². The zero-order chi connectivity index (χ0) is 16.4. The Morgan fingerprint density at radius 1 is 0.792 bits per heavy atom. The molecule has 0 radical (unpaired) electrons. The molecule has 0 amide bonds. The second kappa shape index (κ2) is 5.89. The summed E-state index contributed by atoms with van der Waals surface area (Å²) < 4.78 is 5.34. The minimum absolute atomic E-state index is 0.371. The highest BCUT2D eigenvalue weighted by Gasteiger charge is 2.34. The Morgan fingerprint density at radius 3 is 2.00 bits per heavy atom. The zero-order valence-corrected chi connectivity index (χ0v) is 13.6. The summed E-state index contributed by atoms with van der Waals surface area (Å²) >= 11 is 0. The van der Waals surface area contributed by atoms with E-state index < -0.39 is 0 Å². The molecule has 0 saturated carbocycles. The predicted octanol–water partition coefficient (Wildman–Crippen LogP) is 5.08. The molecule has 1 aliphatic rings. The van der Waals surface area contributed by atoms with Crippen LogP contribution in [0.4, 0.5) is 5.69 Å². The van der Waals surface area contributed by atoms with Crippen LogP contribution in [0.2, 0.25) is 0 Å². The van der Waals surface area contributed by atoms with Gasteiger partial charge in [0.1, 0.15) is 11.3 Å². The highest BCUT2D eigenvalue weighted by Crippen LogP contribution is 2.40. The molecule has 1 heterocycles. The van der Waals surface area contributed by atoms with E-state index in [4.69, 9.17) is 4.74 Å². The fourth-order valence-corrected chi connectivity index (χ4v) is 3.29. The first-order chi connectivity index (χ1) is 11.8. The van der Waals surface area contributed by atoms with Gasteiger partial charge in [-0.3, -0.25) is 0 Å². The van der Waals surface area contributed by atoms with E-state index >= 15 is 0 Å². The third-order valence-electron chi connectivity index (χ3n) is 4.56. The summed E-state index contributed by atoms with van der Waals surface area (Å²) in [6, 6.07) is 27.2. The van der Waals surface area contributed by atoms with Crippen molar-refractivity contribution < 1.29 is 4.74 Å². The Hall–Kier alpha value is -3.00. The van der Waals surface area contributed by atoms with Gasteiger partial charge in [0.25, 0.3) is 0 Å². The first kappa shape index (κ1) is 14.6. The van der Waals surface area contributed by atoms with Gasteiger partial charge in [0.05, 0.1) is 7.11 Å². The summed E-state index contributed by atoms with van der Waals surface area (Å²) in [5, 5.41) is 3.75. The quantitative estimate of drug-likeness (QED) is 0.728. The Morgan fingerprint density at radius 2 is 1.42 bits per heavy atom. The summed E-state index contributed by atoms with van der Waals surface area (Å²) in [6.45, 7) is 0. The minimum atomic E-state index is -0.371. The molecule has 4 rings (SSSR count). The number of benzene rings is 3. The van der Waals surface area contributed by atoms with Crippen LogP contribution in [0.3, 0.4) is 0 Å². The van der Waals surface area contributed by atoms with Crippen LogP contribution in [0.25, 0.3) is 6.08 Å². The van der Waals surface area contributed by atoms with Gasteiger partial charge in [0.2, 0.25) is 0 Å². The van der Waals surface area contributed by atoms with Gasteiger partial charge in [-0.05, 0) is 35.4 Å². The normalized spacial score (nSPS) is 14.5. The van der Waals surface area contributed by atoms with Gasteiger partial charge in [-0.15, -0.1) is 0 Å². The van der Waals surface area contributed by atoms with Crippen molar-refractivity contribution in [3.63, 3.8) is 0 Å². The number of rotatable bonds is 3. The average molecular weight is 313 g/mol. The standard InChI is InChI=1S/C22H19NO/c1-24-20-12-13-21-17(16-20)14-15-22(23-21,18-8-4-2-5-9-18)19-10-6-3-7-11-19/h2-16,23H,1H3. The molecule has 1 aliphatic heterocycles. The van der Waals surface area contributed by atoms with Crippen LogP contribution < -0.4 is 10.1 Å². The van der Waals surface area contributed by atoms with E-state index in [2.05, 4.69) is 78.1 Å². The van der Waals surface area contributed by atoms with Crippen molar-refractivity contribution in [3.05, 3.63) is 102 Å². The molecule has 3 aromatic rings. The topological polar surface area (TPSA) is 21.3 Å². The van der Waals surface area contributed by atoms with Gasteiger partial charge in [0.15, 0.2) is 0 Å². The summed E-state index contributed by atoms with van der Waals surface area (Å²) in [5.41, 5.74) is 4.30. The third-order valence-corrected chi connectivity index (χ3v) is 4.56. The Balaban J connectivity index is 1.88. The van der Waals surface area contributed by atoms with Crippen molar-refractivity contribution in [1.29, 1.82) is 0 Å². The van der Waals surface area contributed by atoms with E-state index in [1.54, 1.807) is 7.11 Å². The summed E-state index contributed by atoms with van der Waals surface area (Å²) in [7, 11) is 1.69. The van der Waals surface area contributed by atoms with Gasteiger partial charge in [-0.1, -0.05) is 66.7 Å². The highest BCUT2D eigenvalue weighted by atomic mass is 16.5. The van der Waals surface area contributed by atoms with E-state index in [9.17, 15) is 0 Å². The molecule has 0 saturated heterocycles. The van der Waals surface area contributed by atoms with Crippen LogP contribution in [0.5, 0.6) is 5.75 Å². The SMILES string of the molecule is COc1ccc2c(c1)C=CC(c1ccccc1)(c1ccccc1)N2. The van der Waals surface area contributed by atoms with Gasteiger partial charge >= 0.3 is 0 Å². The second-order valence-electron chi connectivity index (χ2n) is 5.95. The maximum atomic E-state index is 5.34. The van der Waals surface area contributed by atoms with E-state index in [1.807, 2.05) is 18.2 Å². The van der Waals surface area contributed by atoms with Gasteiger partial charge in [-0.25, -0.2) is 0 Å². The van der Waals surface area contributed by atoms with E-state index in [1.165, 1.54) is 11.1 Å². The van der Waals surface area contributed by atoms with Crippen molar-refractivity contribution in [2.45, 2.75) is 5.54 Å². The average Bonchev–Trinajstić information content (AvgIpc) is 2.68. The second-order valence-corrected chi connectivity index (χ2v) is 5.95. The number of ether oxygens (including phenoxy) is 1. The lowest BCUT2D eigenvalue weighted by atomic mass is 9.80. The maximum Gasteiger partial charge on any atom is 0.119 e. The zero-order valence-electron chi connectivity index (χ0n) is 13.6. The molecule has 0 unspecified atom stereocenters. The smallest absolute Gasteiger partial charge is 0.119 e. The summed E-state index contributed by atoms with van der Waals surface area (Å²) in [6.07, 6.45) is 4.41. The number of nitrogens with one attached hydrogen (secondary N) is 1. The molecule has 0 atom stereocenters. The Kier molecular flexibility index (Phi) is 3.58. The van der Waals surface area contributed by atoms with Gasteiger partial charge < -0.3 is 10.1 Å². The maximum absolute atomic E-state index is 5.34. The molecule has 0 fully saturated rings. The van der Waals surface area contributed by atoms with Crippen LogP contribution in [0, 0.1) is 0 Å². The number of anilines is 1. The van der Waals surface area contributed by atoms with Gasteiger partial charge in [-0.2, -0.15) is 0 Å². The van der Waals surface area contributed by atoms with Crippen LogP contribution in [-0.4, -0.2) is 7.11 Å². The molecule has 0 aromatic heterocycles. The number of methoxy groups -OCH3 is 1. The lowest BCUT2D eigenvalue weighted by Gasteiger charge is -2.37. The Labute approximate surface area is 142 Å². The first-order valence-corrected chi connectivity index (χ1v) is 8.08. The van der Waals surface area contributed by atoms with Crippen molar-refractivity contribution in [2.24, 2.45) is 0 Å². The molecule has 3 aromatic carbocycles. The molecule has 0 aliphatic carbocycles. The lowest BCUT2D eigenvalue weighted by Crippen LogP contribution is -2.36. The molecular formula is C22H19NO. The summed E-state index contributed by atoms with van der Waals surface area (Å²) in [4.78, 5) is 0. The molecule has 24 heavy (non-hydrogen) atoms. The van der Waals surface area contributed by atoms with Crippen molar-refractivity contribution in [3.8, 4) is 5.75 Å². The van der Waals surface area contributed by atoms with Crippen LogP contribution in [-0.2, 0) is 5.54 Å². The van der Waals surface area contributed by atoms with E-state index in [-0.39, 0.29) is 5.54 Å². The predicted molar refractivity (Wildman–Crippen MR) is 99.3 cm³/mol. The summed E-state index contributed by atoms with van der Waals surface area (Å²) in [5.74, 6) is 0.868. The molecule has 0 spiro atoms. The van der Waals surface area contributed by atoms with Gasteiger partial charge in [0, 0.05) is 11.3 Å². The highest BCUT2D eigenvalue weighted by molar-refractivity contribution is 5.76. The third kappa shape index (κ3) is 2.37. The first-order valence-electron chi connectivity index (χ1n) is 8.08. The number of hydrogen-bond donors (Lipinski definition) is 1. The molecule has 118 valence electrons.